The third-order valence-electron chi connectivity index (χ3n) is 13.9. The molecule has 0 aliphatic carbocycles. The molecular formula is C61H106O15. The lowest BCUT2D eigenvalue weighted by molar-refractivity contribution is -0.332. The van der Waals surface area contributed by atoms with E-state index in [1.807, 2.05) is 6.08 Å². The van der Waals surface area contributed by atoms with E-state index in [2.05, 4.69) is 68.5 Å². The lowest BCUT2D eigenvalue weighted by Gasteiger charge is -2.42. The minimum Gasteiger partial charge on any atom is -0.462 e. The Morgan fingerprint density at radius 1 is 0.421 bits per heavy atom. The second-order valence-corrected chi connectivity index (χ2v) is 20.8. The van der Waals surface area contributed by atoms with Crippen LogP contribution in [0.25, 0.3) is 0 Å². The summed E-state index contributed by atoms with van der Waals surface area (Å²) in [6.45, 7) is 2.52. The first-order valence-electron chi connectivity index (χ1n) is 29.9. The Morgan fingerprint density at radius 2 is 0.803 bits per heavy atom. The SMILES string of the molecule is CCCCCCCC/C=C/C/C=C/C/C=C/CCCC(=O)O[C@@H](COC(=O)CCC/C=C/CC/C=C/CCCCCCCCCCCCCCCC)CO[C@@H]1O[C@H](CO[C@@H]2O[C@H](CO)[C@H](O)C(O)C2O)[C@H](O)C(O)C1O. The molecule has 2 aliphatic heterocycles. The highest BCUT2D eigenvalue weighted by atomic mass is 16.7. The summed E-state index contributed by atoms with van der Waals surface area (Å²) in [5.74, 6) is -1.03. The molecule has 0 bridgehead atoms. The van der Waals surface area contributed by atoms with Crippen molar-refractivity contribution in [1.82, 2.24) is 0 Å². The molecule has 0 spiro atoms. The molecule has 0 aromatic heterocycles. The molecule has 440 valence electrons. The molecule has 0 radical (unpaired) electrons. The van der Waals surface area contributed by atoms with Gasteiger partial charge in [-0.1, -0.05) is 190 Å². The molecule has 15 heteroatoms. The number of carbonyl (C=O) groups is 2. The van der Waals surface area contributed by atoms with E-state index in [9.17, 15) is 45.3 Å². The second-order valence-electron chi connectivity index (χ2n) is 20.8. The first-order valence-corrected chi connectivity index (χ1v) is 29.9. The van der Waals surface area contributed by atoms with Gasteiger partial charge in [0.05, 0.1) is 19.8 Å². The number of hydrogen-bond donors (Lipinski definition) is 7. The van der Waals surface area contributed by atoms with Crippen LogP contribution in [0.3, 0.4) is 0 Å². The van der Waals surface area contributed by atoms with Gasteiger partial charge in [-0.3, -0.25) is 9.59 Å². The molecule has 0 aromatic rings. The van der Waals surface area contributed by atoms with Gasteiger partial charge in [-0.15, -0.1) is 0 Å². The summed E-state index contributed by atoms with van der Waals surface area (Å²) >= 11 is 0. The predicted molar refractivity (Wildman–Crippen MR) is 298 cm³/mol. The van der Waals surface area contributed by atoms with E-state index in [0.717, 1.165) is 38.5 Å². The fourth-order valence-corrected chi connectivity index (χ4v) is 9.08. The van der Waals surface area contributed by atoms with Crippen LogP contribution in [0.2, 0.25) is 0 Å². The lowest BCUT2D eigenvalue weighted by atomic mass is 9.98. The molecule has 4 unspecified atom stereocenters. The normalized spacial score (nSPS) is 24.8. The third-order valence-corrected chi connectivity index (χ3v) is 13.9. The number of hydrogen-bond acceptors (Lipinski definition) is 15. The summed E-state index contributed by atoms with van der Waals surface area (Å²) in [5.41, 5.74) is 0. The molecular weight excluding hydrogens is 973 g/mol. The Labute approximate surface area is 458 Å². The van der Waals surface area contributed by atoms with Gasteiger partial charge in [-0.05, 0) is 77.0 Å². The Bertz CT molecular complexity index is 1550. The van der Waals surface area contributed by atoms with Crippen LogP contribution >= 0.6 is 0 Å². The van der Waals surface area contributed by atoms with Crippen LogP contribution in [0, 0.1) is 0 Å². The van der Waals surface area contributed by atoms with Crippen molar-refractivity contribution in [3.05, 3.63) is 60.8 Å². The van der Waals surface area contributed by atoms with Crippen molar-refractivity contribution >= 4 is 11.9 Å². The van der Waals surface area contributed by atoms with Gasteiger partial charge in [0, 0.05) is 12.8 Å². The van der Waals surface area contributed by atoms with Crippen molar-refractivity contribution in [1.29, 1.82) is 0 Å². The van der Waals surface area contributed by atoms with Gasteiger partial charge in [0.1, 0.15) is 55.4 Å². The minimum atomic E-state index is -1.78. The number of aliphatic hydroxyl groups excluding tert-OH is 7. The molecule has 15 nitrogen and oxygen atoms in total. The summed E-state index contributed by atoms with van der Waals surface area (Å²) < 4.78 is 33.6. The van der Waals surface area contributed by atoms with Crippen molar-refractivity contribution in [2.45, 2.75) is 287 Å². The number of rotatable bonds is 47. The van der Waals surface area contributed by atoms with Crippen molar-refractivity contribution < 1.29 is 73.8 Å². The minimum absolute atomic E-state index is 0.0838. The van der Waals surface area contributed by atoms with Crippen LogP contribution in [0.4, 0.5) is 0 Å². The maximum Gasteiger partial charge on any atom is 0.306 e. The van der Waals surface area contributed by atoms with Gasteiger partial charge in [0.15, 0.2) is 18.7 Å². The number of ether oxygens (including phenoxy) is 6. The molecule has 2 fully saturated rings. The quantitative estimate of drug-likeness (QED) is 0.0171. The number of unbranched alkanes of at least 4 members (excludes halogenated alkanes) is 23. The maximum absolute atomic E-state index is 13.0. The van der Waals surface area contributed by atoms with Gasteiger partial charge in [0.2, 0.25) is 0 Å². The Kier molecular flexibility index (Phi) is 42.9. The van der Waals surface area contributed by atoms with Crippen LogP contribution in [0.5, 0.6) is 0 Å². The molecule has 2 aliphatic rings. The fourth-order valence-electron chi connectivity index (χ4n) is 9.08. The van der Waals surface area contributed by atoms with Crippen molar-refractivity contribution in [2.75, 3.05) is 26.4 Å². The zero-order valence-electron chi connectivity index (χ0n) is 47.0. The number of esters is 2. The molecule has 2 saturated heterocycles. The maximum atomic E-state index is 13.0. The molecule has 7 N–H and O–H groups in total. The molecule has 11 atom stereocenters. The summed E-state index contributed by atoms with van der Waals surface area (Å²) in [4.78, 5) is 25.8. The predicted octanol–water partition coefficient (Wildman–Crippen LogP) is 10.4. The smallest absolute Gasteiger partial charge is 0.306 e. The standard InChI is InChI=1S/C61H106O15/c1-3-5-7-9-11-13-15-17-19-21-22-23-24-25-26-28-29-31-33-35-37-39-41-43-52(63)71-46-49(74-53(64)44-42-40-38-36-34-32-30-27-20-18-16-14-12-10-8-6-4-2)47-72-60-59(70)57(68)55(66)51(76-60)48-73-61-58(69)56(67)54(65)50(45-62)75-61/h18,20,28-30,32,35-38,49-51,54-62,65-70H,3-17,19,21-27,31,33-34,39-48H2,1-2H3/b20-18+,29-28+,32-30+,37-35+,38-36+/t49-,50+,51+,54-,55-,56?,57?,58?,59?,60+,61+/m0/s1. The second kappa shape index (κ2) is 47.1. The molecule has 76 heavy (non-hydrogen) atoms. The van der Waals surface area contributed by atoms with Crippen LogP contribution in [-0.4, -0.2) is 142 Å². The van der Waals surface area contributed by atoms with Crippen molar-refractivity contribution in [2.24, 2.45) is 0 Å². The highest BCUT2D eigenvalue weighted by Gasteiger charge is 2.47. The van der Waals surface area contributed by atoms with Crippen LogP contribution in [-0.2, 0) is 38.0 Å². The van der Waals surface area contributed by atoms with E-state index in [1.54, 1.807) is 0 Å². The number of allylic oxidation sites excluding steroid dienone is 10. The summed E-state index contributed by atoms with van der Waals surface area (Å²) in [7, 11) is 0. The summed E-state index contributed by atoms with van der Waals surface area (Å²) in [5, 5.41) is 72.3. The first kappa shape index (κ1) is 69.3. The van der Waals surface area contributed by atoms with E-state index < -0.39 is 99.3 Å². The van der Waals surface area contributed by atoms with Crippen molar-refractivity contribution in [3.8, 4) is 0 Å². The molecule has 2 rings (SSSR count). The average Bonchev–Trinajstić information content (AvgIpc) is 3.41. The summed E-state index contributed by atoms with van der Waals surface area (Å²) in [6, 6.07) is 0. The van der Waals surface area contributed by atoms with Crippen LogP contribution in [0.15, 0.2) is 60.8 Å². The number of aliphatic hydroxyl groups is 7. The third kappa shape index (κ3) is 33.6. The van der Waals surface area contributed by atoms with Gasteiger partial charge >= 0.3 is 11.9 Å². The van der Waals surface area contributed by atoms with Gasteiger partial charge < -0.3 is 64.2 Å². The Hall–Kier alpha value is -2.80. The molecule has 0 aromatic carbocycles. The van der Waals surface area contributed by atoms with E-state index >= 15 is 0 Å². The first-order chi connectivity index (χ1) is 37.0. The van der Waals surface area contributed by atoms with Crippen molar-refractivity contribution in [3.63, 3.8) is 0 Å². The monoisotopic (exact) mass is 1080 g/mol. The Morgan fingerprint density at radius 3 is 1.29 bits per heavy atom. The average molecular weight is 1080 g/mol. The largest absolute Gasteiger partial charge is 0.462 e. The van der Waals surface area contributed by atoms with Gasteiger partial charge in [-0.2, -0.15) is 0 Å². The molecule has 2 heterocycles. The highest BCUT2D eigenvalue weighted by Crippen LogP contribution is 2.27. The van der Waals surface area contributed by atoms with E-state index in [1.165, 1.54) is 128 Å². The van der Waals surface area contributed by atoms with E-state index in [-0.39, 0.29) is 19.4 Å². The topological polar surface area (TPSA) is 231 Å². The van der Waals surface area contributed by atoms with E-state index in [0.29, 0.717) is 25.7 Å². The van der Waals surface area contributed by atoms with Crippen LogP contribution < -0.4 is 0 Å². The lowest BCUT2D eigenvalue weighted by Crippen LogP contribution is -2.61. The fraction of sp³-hybridized carbons (Fsp3) is 0.803. The highest BCUT2D eigenvalue weighted by molar-refractivity contribution is 5.70. The number of carbonyl (C=O) groups excluding carboxylic acids is 2. The molecule has 0 amide bonds. The summed E-state index contributed by atoms with van der Waals surface area (Å²) in [6.07, 6.45) is 39.8. The van der Waals surface area contributed by atoms with Gasteiger partial charge in [0.25, 0.3) is 0 Å². The Balaban J connectivity index is 1.77. The van der Waals surface area contributed by atoms with Crippen LogP contribution in [0.1, 0.15) is 219 Å². The van der Waals surface area contributed by atoms with Gasteiger partial charge in [-0.25, -0.2) is 0 Å². The zero-order valence-corrected chi connectivity index (χ0v) is 47.0. The molecule has 0 saturated carbocycles. The zero-order chi connectivity index (χ0) is 55.3. The van der Waals surface area contributed by atoms with E-state index in [4.69, 9.17) is 28.4 Å².